The van der Waals surface area contributed by atoms with Crippen LogP contribution in [0.4, 0.5) is 0 Å². The maximum Gasteiger partial charge on any atom is 0.0565 e. The molecule has 0 fully saturated rings. The summed E-state index contributed by atoms with van der Waals surface area (Å²) in [5.74, 6) is 0.384. The van der Waals surface area contributed by atoms with E-state index in [0.29, 0.717) is 5.92 Å². The molecule has 1 rings (SSSR count). The van der Waals surface area contributed by atoms with Gasteiger partial charge >= 0.3 is 0 Å². The molecule has 0 saturated heterocycles. The minimum absolute atomic E-state index is 0.384. The monoisotopic (exact) mass is 136 g/mol. The summed E-state index contributed by atoms with van der Waals surface area (Å²) in [6.45, 7) is 4.63. The van der Waals surface area contributed by atoms with Crippen molar-refractivity contribution in [3.63, 3.8) is 0 Å². The quantitative estimate of drug-likeness (QED) is 0.563. The van der Waals surface area contributed by atoms with Gasteiger partial charge in [0.05, 0.1) is 6.61 Å². The van der Waals surface area contributed by atoms with Crippen molar-refractivity contribution in [2.24, 2.45) is 5.92 Å². The summed E-state index contributed by atoms with van der Waals surface area (Å²) in [5.41, 5.74) is 1.13. The minimum atomic E-state index is 0.384. The molecule has 1 nitrogen and oxygen atoms in total. The van der Waals surface area contributed by atoms with E-state index in [1.807, 2.05) is 18.2 Å². The van der Waals surface area contributed by atoms with Gasteiger partial charge in [-0.15, -0.1) is 0 Å². The molecule has 0 aliphatic heterocycles. The molecular weight excluding hydrogens is 124 g/mol. The summed E-state index contributed by atoms with van der Waals surface area (Å²) in [5, 5.41) is 0. The van der Waals surface area contributed by atoms with Crippen LogP contribution in [0.3, 0.4) is 0 Å². The van der Waals surface area contributed by atoms with Crippen LogP contribution in [0, 0.1) is 5.92 Å². The zero-order chi connectivity index (χ0) is 7.40. The molecular formula is C9H12O. The van der Waals surface area contributed by atoms with Gasteiger partial charge in [0, 0.05) is 13.0 Å². The van der Waals surface area contributed by atoms with Crippen LogP contribution < -0.4 is 0 Å². The summed E-state index contributed by atoms with van der Waals surface area (Å²) in [7, 11) is 1.71. The van der Waals surface area contributed by atoms with Crippen molar-refractivity contribution in [2.45, 2.75) is 0 Å². The summed E-state index contributed by atoms with van der Waals surface area (Å²) in [6.07, 6.45) is 8.14. The van der Waals surface area contributed by atoms with Crippen LogP contribution in [-0.4, -0.2) is 13.7 Å². The summed E-state index contributed by atoms with van der Waals surface area (Å²) in [6, 6.07) is 0. The maximum atomic E-state index is 5.01. The van der Waals surface area contributed by atoms with E-state index >= 15 is 0 Å². The van der Waals surface area contributed by atoms with Gasteiger partial charge in [0.25, 0.3) is 0 Å². The number of rotatable bonds is 2. The molecule has 1 aliphatic carbocycles. The maximum absolute atomic E-state index is 5.01. The summed E-state index contributed by atoms with van der Waals surface area (Å²) < 4.78 is 5.01. The average molecular weight is 136 g/mol. The van der Waals surface area contributed by atoms with E-state index in [2.05, 4.69) is 12.7 Å². The van der Waals surface area contributed by atoms with Gasteiger partial charge in [-0.25, -0.2) is 0 Å². The molecule has 0 amide bonds. The van der Waals surface area contributed by atoms with Crippen LogP contribution in [0.1, 0.15) is 0 Å². The van der Waals surface area contributed by atoms with Gasteiger partial charge < -0.3 is 4.74 Å². The van der Waals surface area contributed by atoms with Crippen LogP contribution in [0.5, 0.6) is 0 Å². The van der Waals surface area contributed by atoms with E-state index in [9.17, 15) is 0 Å². The predicted octanol–water partition coefficient (Wildman–Crippen LogP) is 1.93. The Morgan fingerprint density at radius 3 is 3.00 bits per heavy atom. The normalized spacial score (nSPS) is 23.7. The van der Waals surface area contributed by atoms with Crippen LogP contribution in [-0.2, 0) is 4.74 Å². The Morgan fingerprint density at radius 2 is 2.40 bits per heavy atom. The fraction of sp³-hybridized carbons (Fsp3) is 0.333. The number of methoxy groups -OCH3 is 1. The lowest BCUT2D eigenvalue weighted by Crippen LogP contribution is -2.07. The lowest BCUT2D eigenvalue weighted by Gasteiger charge is -2.13. The molecule has 1 atom stereocenters. The van der Waals surface area contributed by atoms with E-state index in [1.165, 1.54) is 0 Å². The van der Waals surface area contributed by atoms with Crippen molar-refractivity contribution >= 4 is 0 Å². The Labute approximate surface area is 61.7 Å². The first-order valence-electron chi connectivity index (χ1n) is 3.37. The molecule has 0 aromatic carbocycles. The van der Waals surface area contributed by atoms with E-state index in [4.69, 9.17) is 4.74 Å². The first-order valence-corrected chi connectivity index (χ1v) is 3.37. The third kappa shape index (κ3) is 1.58. The highest BCUT2D eigenvalue weighted by Gasteiger charge is 2.07. The molecule has 10 heavy (non-hydrogen) atoms. The Bertz CT molecular complexity index is 177. The van der Waals surface area contributed by atoms with Gasteiger partial charge in [0.1, 0.15) is 0 Å². The Morgan fingerprint density at radius 1 is 1.60 bits per heavy atom. The van der Waals surface area contributed by atoms with Crippen molar-refractivity contribution < 1.29 is 4.74 Å². The highest BCUT2D eigenvalue weighted by molar-refractivity contribution is 5.30. The fourth-order valence-corrected chi connectivity index (χ4v) is 0.967. The molecule has 1 aliphatic rings. The van der Waals surface area contributed by atoms with Crippen LogP contribution in [0.25, 0.3) is 0 Å². The van der Waals surface area contributed by atoms with Crippen LogP contribution >= 0.6 is 0 Å². The molecule has 0 bridgehead atoms. The standard InChI is InChI=1S/C9H12O/c1-8-5-3-4-6-9(8)7-10-2/h3-6,9H,1,7H2,2H3. The molecule has 0 heterocycles. The first kappa shape index (κ1) is 7.29. The van der Waals surface area contributed by atoms with Gasteiger partial charge in [-0.3, -0.25) is 0 Å². The van der Waals surface area contributed by atoms with E-state index in [1.54, 1.807) is 7.11 Å². The Hall–Kier alpha value is -0.820. The highest BCUT2D eigenvalue weighted by Crippen LogP contribution is 2.16. The lowest BCUT2D eigenvalue weighted by atomic mass is 9.97. The van der Waals surface area contributed by atoms with Gasteiger partial charge in [-0.1, -0.05) is 30.9 Å². The molecule has 0 N–H and O–H groups in total. The average Bonchev–Trinajstić information content (AvgIpc) is 1.94. The second kappa shape index (κ2) is 3.37. The third-order valence-corrected chi connectivity index (χ3v) is 1.59. The minimum Gasteiger partial charge on any atom is -0.384 e. The zero-order valence-corrected chi connectivity index (χ0v) is 6.21. The number of allylic oxidation sites excluding steroid dienone is 3. The van der Waals surface area contributed by atoms with Crippen LogP contribution in [0.15, 0.2) is 36.5 Å². The van der Waals surface area contributed by atoms with Crippen molar-refractivity contribution in [3.05, 3.63) is 36.5 Å². The number of ether oxygens (including phenoxy) is 1. The largest absolute Gasteiger partial charge is 0.384 e. The van der Waals surface area contributed by atoms with Crippen molar-refractivity contribution in [1.82, 2.24) is 0 Å². The molecule has 54 valence electrons. The highest BCUT2D eigenvalue weighted by atomic mass is 16.5. The van der Waals surface area contributed by atoms with Gasteiger partial charge in [0.15, 0.2) is 0 Å². The lowest BCUT2D eigenvalue weighted by molar-refractivity contribution is 0.181. The van der Waals surface area contributed by atoms with E-state index < -0.39 is 0 Å². The SMILES string of the molecule is C=C1C=CC=CC1COC. The summed E-state index contributed by atoms with van der Waals surface area (Å²) >= 11 is 0. The predicted molar refractivity (Wildman–Crippen MR) is 42.8 cm³/mol. The topological polar surface area (TPSA) is 9.23 Å². The third-order valence-electron chi connectivity index (χ3n) is 1.59. The molecule has 1 unspecified atom stereocenters. The Balaban J connectivity index is 2.53. The molecule has 0 spiro atoms. The van der Waals surface area contributed by atoms with Crippen molar-refractivity contribution in [1.29, 1.82) is 0 Å². The summed E-state index contributed by atoms with van der Waals surface area (Å²) in [4.78, 5) is 0. The molecule has 0 aromatic rings. The second-order valence-electron chi connectivity index (χ2n) is 2.38. The van der Waals surface area contributed by atoms with Crippen molar-refractivity contribution in [2.75, 3.05) is 13.7 Å². The van der Waals surface area contributed by atoms with Gasteiger partial charge in [-0.05, 0) is 5.57 Å². The van der Waals surface area contributed by atoms with Crippen LogP contribution in [0.2, 0.25) is 0 Å². The number of hydrogen-bond acceptors (Lipinski definition) is 1. The smallest absolute Gasteiger partial charge is 0.0565 e. The Kier molecular flexibility index (Phi) is 2.46. The van der Waals surface area contributed by atoms with Crippen molar-refractivity contribution in [3.8, 4) is 0 Å². The molecule has 0 radical (unpaired) electrons. The second-order valence-corrected chi connectivity index (χ2v) is 2.38. The molecule has 0 saturated carbocycles. The van der Waals surface area contributed by atoms with E-state index in [0.717, 1.165) is 12.2 Å². The molecule has 0 aromatic heterocycles. The zero-order valence-electron chi connectivity index (χ0n) is 6.21. The number of hydrogen-bond donors (Lipinski definition) is 0. The van der Waals surface area contributed by atoms with E-state index in [-0.39, 0.29) is 0 Å². The van der Waals surface area contributed by atoms with Gasteiger partial charge in [0.2, 0.25) is 0 Å². The fourth-order valence-electron chi connectivity index (χ4n) is 0.967. The van der Waals surface area contributed by atoms with Gasteiger partial charge in [-0.2, -0.15) is 0 Å². The first-order chi connectivity index (χ1) is 4.84. The molecule has 1 heteroatoms.